The van der Waals surface area contributed by atoms with Crippen LogP contribution in [0.3, 0.4) is 0 Å². The molecule has 0 aliphatic heterocycles. The van der Waals surface area contributed by atoms with E-state index in [2.05, 4.69) is 0 Å². The molecule has 0 aliphatic carbocycles. The van der Waals surface area contributed by atoms with E-state index >= 15 is 0 Å². The highest BCUT2D eigenvalue weighted by atomic mass is 35.5. The maximum atomic E-state index is 11.7. The zero-order valence-corrected chi connectivity index (χ0v) is 11.1. The summed E-state index contributed by atoms with van der Waals surface area (Å²) in [6.45, 7) is 0.188. The van der Waals surface area contributed by atoms with E-state index in [1.54, 1.807) is 18.2 Å². The van der Waals surface area contributed by atoms with Gasteiger partial charge in [-0.05, 0) is 23.8 Å². The molecule has 0 spiro atoms. The number of benzene rings is 2. The van der Waals surface area contributed by atoms with Gasteiger partial charge in [-0.1, -0.05) is 41.9 Å². The number of nitrogen functional groups attached to an aromatic ring is 1. The van der Waals surface area contributed by atoms with Crippen LogP contribution in [0, 0.1) is 0 Å². The van der Waals surface area contributed by atoms with Gasteiger partial charge in [0, 0.05) is 16.3 Å². The van der Waals surface area contributed by atoms with Gasteiger partial charge in [-0.15, -0.1) is 0 Å². The summed E-state index contributed by atoms with van der Waals surface area (Å²) >= 11 is 5.98. The fourth-order valence-electron chi connectivity index (χ4n) is 1.63. The molecule has 0 aromatic heterocycles. The molecule has 0 heterocycles. The second-order valence-electron chi connectivity index (χ2n) is 4.17. The first-order chi connectivity index (χ1) is 9.15. The summed E-state index contributed by atoms with van der Waals surface area (Å²) in [4.78, 5) is 11.7. The zero-order valence-electron chi connectivity index (χ0n) is 10.3. The van der Waals surface area contributed by atoms with Gasteiger partial charge in [-0.3, -0.25) is 4.79 Å². The zero-order chi connectivity index (χ0) is 13.7. The predicted octanol–water partition coefficient (Wildman–Crippen LogP) is 3.21. The molecule has 0 unspecified atom stereocenters. The number of hydrogen-bond acceptors (Lipinski definition) is 3. The number of hydrogen-bond donors (Lipinski definition) is 1. The third-order valence-corrected chi connectivity index (χ3v) is 3.04. The van der Waals surface area contributed by atoms with Crippen LogP contribution >= 0.6 is 11.6 Å². The molecule has 2 aromatic rings. The molecule has 2 N–H and O–H groups in total. The van der Waals surface area contributed by atoms with E-state index < -0.39 is 0 Å². The number of ether oxygens (including phenoxy) is 1. The quantitative estimate of drug-likeness (QED) is 0.689. The lowest BCUT2D eigenvalue weighted by Gasteiger charge is -2.06. The van der Waals surface area contributed by atoms with Gasteiger partial charge in [-0.2, -0.15) is 0 Å². The summed E-state index contributed by atoms with van der Waals surface area (Å²) in [5.74, 6) is -0.287. The highest BCUT2D eigenvalue weighted by molar-refractivity contribution is 6.31. The lowest BCUT2D eigenvalue weighted by Crippen LogP contribution is -2.08. The van der Waals surface area contributed by atoms with E-state index in [9.17, 15) is 4.79 Å². The maximum Gasteiger partial charge on any atom is 0.310 e. The molecule has 0 saturated heterocycles. The van der Waals surface area contributed by atoms with Crippen molar-refractivity contribution in [3.8, 4) is 0 Å². The third-order valence-electron chi connectivity index (χ3n) is 2.67. The molecular weight excluding hydrogens is 262 g/mol. The Morgan fingerprint density at radius 1 is 1.11 bits per heavy atom. The number of carbonyl (C=O) groups is 1. The number of halogens is 1. The van der Waals surface area contributed by atoms with Crippen LogP contribution in [0.4, 0.5) is 5.69 Å². The predicted molar refractivity (Wildman–Crippen MR) is 75.8 cm³/mol. The normalized spacial score (nSPS) is 10.2. The topological polar surface area (TPSA) is 52.3 Å². The van der Waals surface area contributed by atoms with Crippen molar-refractivity contribution in [3.05, 3.63) is 64.7 Å². The monoisotopic (exact) mass is 275 g/mol. The number of nitrogens with two attached hydrogens (primary N) is 1. The van der Waals surface area contributed by atoms with E-state index in [-0.39, 0.29) is 19.0 Å². The molecule has 0 fully saturated rings. The SMILES string of the molecule is Nc1ccc(CC(=O)OCc2ccccc2Cl)cc1. The fourth-order valence-corrected chi connectivity index (χ4v) is 1.82. The van der Waals surface area contributed by atoms with Gasteiger partial charge in [-0.25, -0.2) is 0 Å². The number of anilines is 1. The summed E-state index contributed by atoms with van der Waals surface area (Å²) in [5, 5.41) is 0.600. The Morgan fingerprint density at radius 3 is 2.47 bits per heavy atom. The van der Waals surface area contributed by atoms with Crippen LogP contribution in [0.15, 0.2) is 48.5 Å². The van der Waals surface area contributed by atoms with E-state index in [0.29, 0.717) is 10.7 Å². The van der Waals surface area contributed by atoms with Gasteiger partial charge >= 0.3 is 5.97 Å². The van der Waals surface area contributed by atoms with Crippen LogP contribution in [0.5, 0.6) is 0 Å². The Labute approximate surface area is 117 Å². The first kappa shape index (κ1) is 13.4. The van der Waals surface area contributed by atoms with Crippen molar-refractivity contribution < 1.29 is 9.53 Å². The Bertz CT molecular complexity index is 567. The number of rotatable bonds is 4. The average Bonchev–Trinajstić information content (AvgIpc) is 2.40. The molecular formula is C15H14ClNO2. The smallest absolute Gasteiger partial charge is 0.310 e. The lowest BCUT2D eigenvalue weighted by atomic mass is 10.1. The summed E-state index contributed by atoms with van der Waals surface area (Å²) in [5.41, 5.74) is 7.93. The van der Waals surface area contributed by atoms with Crippen molar-refractivity contribution in [2.45, 2.75) is 13.0 Å². The molecule has 0 saturated carbocycles. The van der Waals surface area contributed by atoms with Crippen molar-refractivity contribution in [1.82, 2.24) is 0 Å². The lowest BCUT2D eigenvalue weighted by molar-refractivity contribution is -0.144. The summed E-state index contributed by atoms with van der Waals surface area (Å²) < 4.78 is 5.19. The molecule has 0 amide bonds. The Morgan fingerprint density at radius 2 is 1.79 bits per heavy atom. The number of carbonyl (C=O) groups excluding carboxylic acids is 1. The molecule has 0 atom stereocenters. The van der Waals surface area contributed by atoms with E-state index in [1.165, 1.54) is 0 Å². The molecule has 2 rings (SSSR count). The highest BCUT2D eigenvalue weighted by Crippen LogP contribution is 2.16. The Hall–Kier alpha value is -2.00. The van der Waals surface area contributed by atoms with Crippen molar-refractivity contribution in [2.24, 2.45) is 0 Å². The van der Waals surface area contributed by atoms with Gasteiger partial charge in [0.2, 0.25) is 0 Å². The maximum absolute atomic E-state index is 11.7. The highest BCUT2D eigenvalue weighted by Gasteiger charge is 2.06. The summed E-state index contributed by atoms with van der Waals surface area (Å²) in [6.07, 6.45) is 0.227. The largest absolute Gasteiger partial charge is 0.461 e. The van der Waals surface area contributed by atoms with Gasteiger partial charge in [0.05, 0.1) is 6.42 Å². The third kappa shape index (κ3) is 4.00. The van der Waals surface area contributed by atoms with Crippen LogP contribution in [0.1, 0.15) is 11.1 Å². The molecule has 3 nitrogen and oxygen atoms in total. The second kappa shape index (κ2) is 6.25. The van der Waals surface area contributed by atoms with Crippen LogP contribution < -0.4 is 5.73 Å². The van der Waals surface area contributed by atoms with Crippen LogP contribution in [-0.4, -0.2) is 5.97 Å². The molecule has 2 aromatic carbocycles. The van der Waals surface area contributed by atoms with Gasteiger partial charge in [0.15, 0.2) is 0 Å². The van der Waals surface area contributed by atoms with Crippen molar-refractivity contribution in [2.75, 3.05) is 5.73 Å². The molecule has 98 valence electrons. The molecule has 0 bridgehead atoms. The Balaban J connectivity index is 1.88. The minimum absolute atomic E-state index is 0.188. The second-order valence-corrected chi connectivity index (χ2v) is 4.58. The fraction of sp³-hybridized carbons (Fsp3) is 0.133. The minimum atomic E-state index is -0.287. The van der Waals surface area contributed by atoms with Crippen LogP contribution in [0.25, 0.3) is 0 Å². The van der Waals surface area contributed by atoms with Gasteiger partial charge in [0.25, 0.3) is 0 Å². The van der Waals surface area contributed by atoms with Crippen LogP contribution in [0.2, 0.25) is 5.02 Å². The van der Waals surface area contributed by atoms with Gasteiger partial charge in [0.1, 0.15) is 6.61 Å². The van der Waals surface area contributed by atoms with Crippen LogP contribution in [-0.2, 0) is 22.6 Å². The van der Waals surface area contributed by atoms with E-state index in [0.717, 1.165) is 11.1 Å². The van der Waals surface area contributed by atoms with E-state index in [4.69, 9.17) is 22.1 Å². The molecule has 0 aliphatic rings. The molecule has 4 heteroatoms. The first-order valence-corrected chi connectivity index (χ1v) is 6.26. The average molecular weight is 276 g/mol. The summed E-state index contributed by atoms with van der Waals surface area (Å²) in [7, 11) is 0. The van der Waals surface area contributed by atoms with Gasteiger partial charge < -0.3 is 10.5 Å². The summed E-state index contributed by atoms with van der Waals surface area (Å²) in [6, 6.07) is 14.4. The van der Waals surface area contributed by atoms with Crippen molar-refractivity contribution in [1.29, 1.82) is 0 Å². The first-order valence-electron chi connectivity index (χ1n) is 5.88. The van der Waals surface area contributed by atoms with Crippen molar-refractivity contribution in [3.63, 3.8) is 0 Å². The van der Waals surface area contributed by atoms with Crippen molar-refractivity contribution >= 4 is 23.3 Å². The number of esters is 1. The minimum Gasteiger partial charge on any atom is -0.461 e. The molecule has 19 heavy (non-hydrogen) atoms. The Kier molecular flexibility index (Phi) is 4.42. The molecule has 0 radical (unpaired) electrons. The van der Waals surface area contributed by atoms with E-state index in [1.807, 2.05) is 30.3 Å². The standard InChI is InChI=1S/C15H14ClNO2/c16-14-4-2-1-3-12(14)10-19-15(18)9-11-5-7-13(17)8-6-11/h1-8H,9-10,17H2.